The number of aliphatic hydroxyl groups is 1. The van der Waals surface area contributed by atoms with Crippen molar-refractivity contribution in [2.45, 2.75) is 38.6 Å². The summed E-state index contributed by atoms with van der Waals surface area (Å²) in [6.07, 6.45) is -5.10. The van der Waals surface area contributed by atoms with E-state index < -0.39 is 18.7 Å². The second kappa shape index (κ2) is 5.18. The van der Waals surface area contributed by atoms with Crippen molar-refractivity contribution < 1.29 is 18.3 Å². The lowest BCUT2D eigenvalue weighted by molar-refractivity contribution is -0.155. The highest BCUT2D eigenvalue weighted by Crippen LogP contribution is 2.32. The minimum Gasteiger partial charge on any atom is -0.386 e. The van der Waals surface area contributed by atoms with Crippen molar-refractivity contribution in [1.82, 2.24) is 9.78 Å². The van der Waals surface area contributed by atoms with Crippen molar-refractivity contribution in [3.63, 3.8) is 0 Å². The molecule has 1 rings (SSSR count). The van der Waals surface area contributed by atoms with Crippen molar-refractivity contribution in [1.29, 1.82) is 0 Å². The van der Waals surface area contributed by atoms with E-state index in [0.717, 1.165) is 6.42 Å². The maximum atomic E-state index is 12.1. The van der Waals surface area contributed by atoms with Crippen molar-refractivity contribution in [3.8, 4) is 0 Å². The number of halogens is 4. The summed E-state index contributed by atoms with van der Waals surface area (Å²) in [7, 11) is 0. The van der Waals surface area contributed by atoms with Crippen LogP contribution in [0.3, 0.4) is 0 Å². The van der Waals surface area contributed by atoms with Crippen LogP contribution in [0.15, 0.2) is 10.7 Å². The van der Waals surface area contributed by atoms with Gasteiger partial charge in [0.2, 0.25) is 0 Å². The average molecular weight is 301 g/mol. The number of aromatic nitrogens is 2. The van der Waals surface area contributed by atoms with Gasteiger partial charge in [0, 0.05) is 6.54 Å². The quantitative estimate of drug-likeness (QED) is 0.928. The predicted octanol–water partition coefficient (Wildman–Crippen LogP) is 3.04. The molecular formula is C9H12BrF3N2O. The van der Waals surface area contributed by atoms with Crippen molar-refractivity contribution in [2.75, 3.05) is 0 Å². The van der Waals surface area contributed by atoms with Crippen molar-refractivity contribution >= 4 is 15.9 Å². The standard InChI is InChI=1S/C9H12BrF3N2O/c1-2-3-15-8(6(10)5-14-15)7(16)4-9(11,12)13/h5,7,16H,2-4H2,1H3. The molecule has 1 atom stereocenters. The van der Waals surface area contributed by atoms with Gasteiger partial charge in [-0.05, 0) is 22.4 Å². The second-order valence-corrected chi connectivity index (χ2v) is 4.29. The van der Waals surface area contributed by atoms with Crippen LogP contribution in [-0.4, -0.2) is 21.1 Å². The highest BCUT2D eigenvalue weighted by atomic mass is 79.9. The number of hydrogen-bond donors (Lipinski definition) is 1. The summed E-state index contributed by atoms with van der Waals surface area (Å²) in [5, 5.41) is 13.4. The van der Waals surface area contributed by atoms with Crippen LogP contribution in [0.1, 0.15) is 31.6 Å². The summed E-state index contributed by atoms with van der Waals surface area (Å²) in [6.45, 7) is 2.37. The molecule has 3 nitrogen and oxygen atoms in total. The third-order valence-corrected chi connectivity index (χ3v) is 2.62. The third kappa shape index (κ3) is 3.48. The first-order valence-electron chi connectivity index (χ1n) is 4.81. The van der Waals surface area contributed by atoms with Crippen LogP contribution >= 0.6 is 15.9 Å². The molecule has 0 aliphatic carbocycles. The van der Waals surface area contributed by atoms with E-state index in [1.165, 1.54) is 10.9 Å². The Labute approximate surface area is 99.4 Å². The van der Waals surface area contributed by atoms with E-state index >= 15 is 0 Å². The molecule has 0 bridgehead atoms. The van der Waals surface area contributed by atoms with Gasteiger partial charge in [-0.1, -0.05) is 6.92 Å². The van der Waals surface area contributed by atoms with Crippen LogP contribution in [0.4, 0.5) is 13.2 Å². The molecule has 0 saturated carbocycles. The molecule has 0 amide bonds. The van der Waals surface area contributed by atoms with E-state index in [-0.39, 0.29) is 5.69 Å². The fourth-order valence-electron chi connectivity index (χ4n) is 1.41. The zero-order chi connectivity index (χ0) is 12.3. The van der Waals surface area contributed by atoms with Gasteiger partial charge < -0.3 is 5.11 Å². The number of rotatable bonds is 4. The Kier molecular flexibility index (Phi) is 4.37. The molecule has 1 heterocycles. The maximum absolute atomic E-state index is 12.1. The van der Waals surface area contributed by atoms with Gasteiger partial charge in [0.25, 0.3) is 0 Å². The molecule has 0 radical (unpaired) electrons. The number of nitrogens with zero attached hydrogens (tertiary/aromatic N) is 2. The number of aliphatic hydroxyl groups excluding tert-OH is 1. The normalized spacial score (nSPS) is 14.1. The zero-order valence-corrected chi connectivity index (χ0v) is 10.2. The smallest absolute Gasteiger partial charge is 0.386 e. The summed E-state index contributed by atoms with van der Waals surface area (Å²) >= 11 is 3.08. The Morgan fingerprint density at radius 3 is 2.69 bits per heavy atom. The molecule has 1 aromatic rings. The van der Waals surface area contributed by atoms with Crippen LogP contribution in [0.2, 0.25) is 0 Å². The molecule has 1 unspecified atom stereocenters. The van der Waals surface area contributed by atoms with Gasteiger partial charge in [0.1, 0.15) is 6.10 Å². The number of hydrogen-bond acceptors (Lipinski definition) is 2. The van der Waals surface area contributed by atoms with Crippen LogP contribution in [0.5, 0.6) is 0 Å². The van der Waals surface area contributed by atoms with E-state index in [1.54, 1.807) is 0 Å². The summed E-state index contributed by atoms with van der Waals surface area (Å²) in [4.78, 5) is 0. The molecule has 0 aliphatic rings. The largest absolute Gasteiger partial charge is 0.391 e. The fraction of sp³-hybridized carbons (Fsp3) is 0.667. The number of alkyl halides is 3. The van der Waals surface area contributed by atoms with Crippen LogP contribution in [0, 0.1) is 0 Å². The van der Waals surface area contributed by atoms with E-state index in [0.29, 0.717) is 11.0 Å². The average Bonchev–Trinajstić information content (AvgIpc) is 2.44. The minimum atomic E-state index is -4.39. The SMILES string of the molecule is CCCn1ncc(Br)c1C(O)CC(F)(F)F. The molecule has 7 heteroatoms. The lowest BCUT2D eigenvalue weighted by Gasteiger charge is -2.15. The van der Waals surface area contributed by atoms with E-state index in [1.807, 2.05) is 6.92 Å². The Bertz CT molecular complexity index is 351. The molecule has 0 spiro atoms. The maximum Gasteiger partial charge on any atom is 0.391 e. The topological polar surface area (TPSA) is 38.0 Å². The van der Waals surface area contributed by atoms with Gasteiger partial charge in [-0.25, -0.2) is 0 Å². The Balaban J connectivity index is 2.88. The molecule has 1 N–H and O–H groups in total. The monoisotopic (exact) mass is 300 g/mol. The highest BCUT2D eigenvalue weighted by Gasteiger charge is 2.33. The Morgan fingerprint density at radius 1 is 1.56 bits per heavy atom. The molecule has 0 saturated heterocycles. The van der Waals surface area contributed by atoms with Gasteiger partial charge in [-0.15, -0.1) is 0 Å². The fourth-order valence-corrected chi connectivity index (χ4v) is 1.97. The zero-order valence-electron chi connectivity index (χ0n) is 8.63. The van der Waals surface area contributed by atoms with E-state index in [4.69, 9.17) is 0 Å². The summed E-state index contributed by atoms with van der Waals surface area (Å²) in [5.74, 6) is 0. The molecule has 0 fully saturated rings. The molecule has 0 aromatic carbocycles. The molecule has 16 heavy (non-hydrogen) atoms. The summed E-state index contributed by atoms with van der Waals surface area (Å²) < 4.78 is 38.2. The number of aryl methyl sites for hydroxylation is 1. The Hall–Kier alpha value is -0.560. The Morgan fingerprint density at radius 2 is 2.19 bits per heavy atom. The van der Waals surface area contributed by atoms with Crippen LogP contribution in [0.25, 0.3) is 0 Å². The van der Waals surface area contributed by atoms with Gasteiger partial charge in [-0.2, -0.15) is 18.3 Å². The van der Waals surface area contributed by atoms with E-state index in [2.05, 4.69) is 21.0 Å². The molecule has 92 valence electrons. The lowest BCUT2D eigenvalue weighted by atomic mass is 10.2. The van der Waals surface area contributed by atoms with Gasteiger partial charge >= 0.3 is 6.18 Å². The second-order valence-electron chi connectivity index (χ2n) is 3.44. The predicted molar refractivity (Wildman–Crippen MR) is 55.8 cm³/mol. The summed E-state index contributed by atoms with van der Waals surface area (Å²) in [5.41, 5.74) is 0.180. The molecule has 1 aromatic heterocycles. The first-order valence-corrected chi connectivity index (χ1v) is 5.60. The first kappa shape index (κ1) is 13.5. The van der Waals surface area contributed by atoms with E-state index in [9.17, 15) is 18.3 Å². The van der Waals surface area contributed by atoms with Gasteiger partial charge in [0.05, 0.1) is 22.8 Å². The van der Waals surface area contributed by atoms with Crippen molar-refractivity contribution in [2.24, 2.45) is 0 Å². The molecule has 0 aliphatic heterocycles. The van der Waals surface area contributed by atoms with Crippen LogP contribution < -0.4 is 0 Å². The first-order chi connectivity index (χ1) is 7.35. The highest BCUT2D eigenvalue weighted by molar-refractivity contribution is 9.10. The van der Waals surface area contributed by atoms with Crippen LogP contribution in [-0.2, 0) is 6.54 Å². The molecular weight excluding hydrogens is 289 g/mol. The summed E-state index contributed by atoms with van der Waals surface area (Å²) in [6, 6.07) is 0. The van der Waals surface area contributed by atoms with Gasteiger partial charge in [0.15, 0.2) is 0 Å². The van der Waals surface area contributed by atoms with Crippen molar-refractivity contribution in [3.05, 3.63) is 16.4 Å². The lowest BCUT2D eigenvalue weighted by Crippen LogP contribution is -2.17. The minimum absolute atomic E-state index is 0.180. The third-order valence-electron chi connectivity index (χ3n) is 2.01. The van der Waals surface area contributed by atoms with Gasteiger partial charge in [-0.3, -0.25) is 4.68 Å².